The molecule has 0 fully saturated rings. The zero-order chi connectivity index (χ0) is 21.0. The standard InChI is InChI=1S/C21H38N4O2S.HI/c1-6-22-21(23-14-10-8-7-9-11-15-25(3)4)24-17-19-12-13-20(18(2)16-19)28(5,26)27;/h12-13,16H,6-11,14-15,17H2,1-5H3,(H2,22,23,24);1H. The van der Waals surface area contributed by atoms with Gasteiger partial charge >= 0.3 is 0 Å². The zero-order valence-electron chi connectivity index (χ0n) is 18.6. The van der Waals surface area contributed by atoms with E-state index in [9.17, 15) is 8.42 Å². The Labute approximate surface area is 194 Å². The van der Waals surface area contributed by atoms with Crippen molar-refractivity contribution >= 4 is 39.8 Å². The van der Waals surface area contributed by atoms with Crippen LogP contribution < -0.4 is 10.6 Å². The lowest BCUT2D eigenvalue weighted by Gasteiger charge is -2.12. The molecule has 1 aromatic rings. The van der Waals surface area contributed by atoms with Gasteiger partial charge in [-0.2, -0.15) is 0 Å². The van der Waals surface area contributed by atoms with Crippen LogP contribution in [0, 0.1) is 6.92 Å². The first-order valence-corrected chi connectivity index (χ1v) is 12.1. The Hall–Kier alpha value is -0.870. The van der Waals surface area contributed by atoms with Crippen LogP contribution in [0.25, 0.3) is 0 Å². The summed E-state index contributed by atoms with van der Waals surface area (Å²) in [5.74, 6) is 0.806. The van der Waals surface area contributed by atoms with E-state index in [1.165, 1.54) is 38.5 Å². The van der Waals surface area contributed by atoms with Crippen molar-refractivity contribution in [1.29, 1.82) is 0 Å². The van der Waals surface area contributed by atoms with E-state index in [1.54, 1.807) is 6.07 Å². The average molecular weight is 539 g/mol. The summed E-state index contributed by atoms with van der Waals surface area (Å²) >= 11 is 0. The molecular weight excluding hydrogens is 499 g/mol. The van der Waals surface area contributed by atoms with E-state index in [2.05, 4.69) is 34.6 Å². The van der Waals surface area contributed by atoms with Gasteiger partial charge in [-0.15, -0.1) is 24.0 Å². The second-order valence-electron chi connectivity index (χ2n) is 7.56. The molecule has 0 aliphatic heterocycles. The number of aryl methyl sites for hydroxylation is 1. The number of halogens is 1. The summed E-state index contributed by atoms with van der Waals surface area (Å²) in [7, 11) is 1.05. The summed E-state index contributed by atoms with van der Waals surface area (Å²) in [6, 6.07) is 5.41. The number of nitrogens with zero attached hydrogens (tertiary/aromatic N) is 2. The molecule has 0 bridgehead atoms. The third-order valence-corrected chi connectivity index (χ3v) is 5.73. The first-order valence-electron chi connectivity index (χ1n) is 10.2. The molecular formula is C21H39IN4O2S. The van der Waals surface area contributed by atoms with Crippen LogP contribution in [0.4, 0.5) is 0 Å². The number of hydrogen-bond donors (Lipinski definition) is 2. The van der Waals surface area contributed by atoms with Crippen LogP contribution >= 0.6 is 24.0 Å². The van der Waals surface area contributed by atoms with Gasteiger partial charge in [0.1, 0.15) is 0 Å². The third-order valence-electron chi connectivity index (χ3n) is 4.48. The van der Waals surface area contributed by atoms with Gasteiger partial charge in [0, 0.05) is 19.3 Å². The Morgan fingerprint density at radius 3 is 2.31 bits per heavy atom. The minimum absolute atomic E-state index is 0. The van der Waals surface area contributed by atoms with Gasteiger partial charge in [-0.3, -0.25) is 0 Å². The van der Waals surface area contributed by atoms with Crippen molar-refractivity contribution in [2.45, 2.75) is 57.4 Å². The van der Waals surface area contributed by atoms with Gasteiger partial charge in [-0.05, 0) is 64.5 Å². The Morgan fingerprint density at radius 1 is 1.07 bits per heavy atom. The van der Waals surface area contributed by atoms with E-state index in [0.717, 1.165) is 36.6 Å². The number of hydrogen-bond acceptors (Lipinski definition) is 4. The summed E-state index contributed by atoms with van der Waals surface area (Å²) in [4.78, 5) is 7.24. The number of guanidine groups is 1. The minimum Gasteiger partial charge on any atom is -0.357 e. The molecule has 0 aliphatic carbocycles. The number of aliphatic imine (C=N–C) groups is 1. The van der Waals surface area contributed by atoms with Crippen LogP contribution in [0.1, 0.15) is 50.2 Å². The highest BCUT2D eigenvalue weighted by molar-refractivity contribution is 14.0. The van der Waals surface area contributed by atoms with E-state index < -0.39 is 9.84 Å². The normalized spacial score (nSPS) is 12.0. The highest BCUT2D eigenvalue weighted by Gasteiger charge is 2.10. The molecule has 1 rings (SSSR count). The molecule has 0 saturated heterocycles. The quantitative estimate of drug-likeness (QED) is 0.184. The molecule has 29 heavy (non-hydrogen) atoms. The molecule has 0 unspecified atom stereocenters. The van der Waals surface area contributed by atoms with Crippen molar-refractivity contribution < 1.29 is 8.42 Å². The van der Waals surface area contributed by atoms with Gasteiger partial charge in [0.2, 0.25) is 0 Å². The van der Waals surface area contributed by atoms with Gasteiger partial charge in [0.15, 0.2) is 15.8 Å². The lowest BCUT2D eigenvalue weighted by Crippen LogP contribution is -2.37. The Kier molecular flexibility index (Phi) is 14.6. The molecule has 2 N–H and O–H groups in total. The lowest BCUT2D eigenvalue weighted by molar-refractivity contribution is 0.389. The van der Waals surface area contributed by atoms with Gasteiger partial charge in [-0.1, -0.05) is 31.4 Å². The molecule has 0 spiro atoms. The van der Waals surface area contributed by atoms with Gasteiger partial charge < -0.3 is 15.5 Å². The van der Waals surface area contributed by atoms with Gasteiger partial charge in [-0.25, -0.2) is 13.4 Å². The smallest absolute Gasteiger partial charge is 0.191 e. The van der Waals surface area contributed by atoms with Crippen LogP contribution in [0.15, 0.2) is 28.1 Å². The Balaban J connectivity index is 0.00000784. The molecule has 1 aromatic carbocycles. The summed E-state index contributed by atoms with van der Waals surface area (Å²) in [5.41, 5.74) is 1.77. The second-order valence-corrected chi connectivity index (χ2v) is 9.55. The van der Waals surface area contributed by atoms with E-state index in [1.807, 2.05) is 26.0 Å². The maximum absolute atomic E-state index is 11.7. The maximum atomic E-state index is 11.7. The molecule has 0 atom stereocenters. The lowest BCUT2D eigenvalue weighted by atomic mass is 10.1. The minimum atomic E-state index is -3.18. The Bertz CT molecular complexity index is 721. The topological polar surface area (TPSA) is 73.8 Å². The summed E-state index contributed by atoms with van der Waals surface area (Å²) in [6.45, 7) is 7.28. The predicted octanol–water partition coefficient (Wildman–Crippen LogP) is 3.58. The van der Waals surface area contributed by atoms with E-state index in [-0.39, 0.29) is 24.0 Å². The first kappa shape index (κ1) is 28.1. The number of nitrogens with one attached hydrogen (secondary N) is 2. The molecule has 0 amide bonds. The van der Waals surface area contributed by atoms with Crippen molar-refractivity contribution in [2.24, 2.45) is 4.99 Å². The number of sulfone groups is 1. The van der Waals surface area contributed by atoms with Crippen LogP contribution in [0.3, 0.4) is 0 Å². The van der Waals surface area contributed by atoms with E-state index >= 15 is 0 Å². The third kappa shape index (κ3) is 12.4. The van der Waals surface area contributed by atoms with Crippen molar-refractivity contribution in [3.05, 3.63) is 29.3 Å². The highest BCUT2D eigenvalue weighted by atomic mass is 127. The fourth-order valence-electron chi connectivity index (χ4n) is 3.03. The summed E-state index contributed by atoms with van der Waals surface area (Å²) < 4.78 is 23.5. The van der Waals surface area contributed by atoms with Crippen LogP contribution in [-0.4, -0.2) is 59.3 Å². The molecule has 8 heteroatoms. The van der Waals surface area contributed by atoms with E-state index in [0.29, 0.717) is 11.4 Å². The number of benzene rings is 1. The molecule has 0 aromatic heterocycles. The highest BCUT2D eigenvalue weighted by Crippen LogP contribution is 2.17. The SMILES string of the molecule is CCNC(=NCc1ccc(S(C)(=O)=O)c(C)c1)NCCCCCCCN(C)C.I. The first-order chi connectivity index (χ1) is 13.2. The Morgan fingerprint density at radius 2 is 1.72 bits per heavy atom. The summed E-state index contributed by atoms with van der Waals surface area (Å²) in [6.07, 6.45) is 7.43. The molecule has 0 aliphatic rings. The number of unbranched alkanes of at least 4 members (excludes halogenated alkanes) is 4. The summed E-state index contributed by atoms with van der Waals surface area (Å²) in [5, 5.41) is 6.65. The van der Waals surface area contributed by atoms with Crippen molar-refractivity contribution in [3.63, 3.8) is 0 Å². The predicted molar refractivity (Wildman–Crippen MR) is 134 cm³/mol. The molecule has 0 heterocycles. The van der Waals surface area contributed by atoms with Gasteiger partial charge in [0.05, 0.1) is 11.4 Å². The van der Waals surface area contributed by atoms with E-state index in [4.69, 9.17) is 0 Å². The largest absolute Gasteiger partial charge is 0.357 e. The fourth-order valence-corrected chi connectivity index (χ4v) is 3.99. The second kappa shape index (κ2) is 15.0. The zero-order valence-corrected chi connectivity index (χ0v) is 21.8. The van der Waals surface area contributed by atoms with Crippen molar-refractivity contribution in [1.82, 2.24) is 15.5 Å². The number of rotatable bonds is 12. The molecule has 168 valence electrons. The van der Waals surface area contributed by atoms with Crippen molar-refractivity contribution in [3.8, 4) is 0 Å². The van der Waals surface area contributed by atoms with Crippen LogP contribution in [-0.2, 0) is 16.4 Å². The molecule has 0 radical (unpaired) electrons. The van der Waals surface area contributed by atoms with Gasteiger partial charge in [0.25, 0.3) is 0 Å². The monoisotopic (exact) mass is 538 g/mol. The van der Waals surface area contributed by atoms with Crippen molar-refractivity contribution in [2.75, 3.05) is 40.0 Å². The van der Waals surface area contributed by atoms with Crippen LogP contribution in [0.2, 0.25) is 0 Å². The maximum Gasteiger partial charge on any atom is 0.191 e. The van der Waals surface area contributed by atoms with Crippen LogP contribution in [0.5, 0.6) is 0 Å². The molecule has 6 nitrogen and oxygen atoms in total. The average Bonchev–Trinajstić information content (AvgIpc) is 2.60. The fraction of sp³-hybridized carbons (Fsp3) is 0.667. The molecule has 0 saturated carbocycles.